The molecule has 1 saturated heterocycles. The molecule has 5 nitrogen and oxygen atoms in total. The van der Waals surface area contributed by atoms with Crippen molar-refractivity contribution in [1.29, 1.82) is 0 Å². The van der Waals surface area contributed by atoms with Gasteiger partial charge in [-0.05, 0) is 19.4 Å². The molecule has 1 aliphatic rings. The third kappa shape index (κ3) is 3.57. The first kappa shape index (κ1) is 16.0. The molecule has 1 aromatic heterocycles. The Morgan fingerprint density at radius 2 is 1.87 bits per heavy atom. The Morgan fingerprint density at radius 1 is 1.22 bits per heavy atom. The number of hydrogen-bond acceptors (Lipinski definition) is 4. The Kier molecular flexibility index (Phi) is 4.68. The Hall–Kier alpha value is -1.85. The molecule has 0 saturated carbocycles. The van der Waals surface area contributed by atoms with Crippen molar-refractivity contribution in [1.82, 2.24) is 9.78 Å². The average molecular weight is 334 g/mol. The van der Waals surface area contributed by atoms with E-state index < -0.39 is 0 Å². The molecule has 1 aliphatic heterocycles. The van der Waals surface area contributed by atoms with Gasteiger partial charge in [0, 0.05) is 13.1 Å². The summed E-state index contributed by atoms with van der Waals surface area (Å²) in [6.07, 6.45) is 1.88. The molecule has 0 bridgehead atoms. The summed E-state index contributed by atoms with van der Waals surface area (Å²) in [5.41, 5.74) is 1.43. The zero-order valence-electron chi connectivity index (χ0n) is 13.3. The van der Waals surface area contributed by atoms with Crippen LogP contribution in [0.1, 0.15) is 19.4 Å². The Morgan fingerprint density at radius 3 is 2.52 bits per heavy atom. The van der Waals surface area contributed by atoms with Gasteiger partial charge in [0.05, 0.1) is 30.6 Å². The van der Waals surface area contributed by atoms with E-state index in [1.165, 1.54) is 4.68 Å². The van der Waals surface area contributed by atoms with Gasteiger partial charge in [-0.25, -0.2) is 4.68 Å². The summed E-state index contributed by atoms with van der Waals surface area (Å²) >= 11 is 6.34. The van der Waals surface area contributed by atoms with Gasteiger partial charge in [0.25, 0.3) is 5.56 Å². The van der Waals surface area contributed by atoms with Crippen LogP contribution in [0.5, 0.6) is 0 Å². The lowest BCUT2D eigenvalue weighted by atomic mass is 10.2. The van der Waals surface area contributed by atoms with Crippen molar-refractivity contribution in [3.63, 3.8) is 0 Å². The van der Waals surface area contributed by atoms with Gasteiger partial charge in [0.1, 0.15) is 5.02 Å². The quantitative estimate of drug-likeness (QED) is 0.866. The number of ether oxygens (including phenoxy) is 1. The molecular formula is C17H20ClN3O2. The van der Waals surface area contributed by atoms with E-state index in [0.29, 0.717) is 25.3 Å². The van der Waals surface area contributed by atoms with E-state index in [-0.39, 0.29) is 22.8 Å². The molecule has 1 aromatic carbocycles. The van der Waals surface area contributed by atoms with Gasteiger partial charge >= 0.3 is 0 Å². The molecular weight excluding hydrogens is 314 g/mol. The minimum Gasteiger partial charge on any atom is -0.372 e. The highest BCUT2D eigenvalue weighted by Gasteiger charge is 2.25. The summed E-state index contributed by atoms with van der Waals surface area (Å²) in [7, 11) is 0. The average Bonchev–Trinajstić information content (AvgIpc) is 2.52. The van der Waals surface area contributed by atoms with Crippen LogP contribution in [0.4, 0.5) is 5.69 Å². The highest BCUT2D eigenvalue weighted by molar-refractivity contribution is 6.33. The van der Waals surface area contributed by atoms with Crippen molar-refractivity contribution in [2.24, 2.45) is 0 Å². The molecule has 0 spiro atoms. The van der Waals surface area contributed by atoms with Crippen LogP contribution in [-0.2, 0) is 11.3 Å². The van der Waals surface area contributed by atoms with Crippen molar-refractivity contribution >= 4 is 17.3 Å². The Labute approximate surface area is 140 Å². The fraction of sp³-hybridized carbons (Fsp3) is 0.412. The van der Waals surface area contributed by atoms with Crippen LogP contribution in [0.2, 0.25) is 5.02 Å². The van der Waals surface area contributed by atoms with E-state index in [1.807, 2.05) is 44.2 Å². The van der Waals surface area contributed by atoms with Gasteiger partial charge in [0.2, 0.25) is 0 Å². The minimum atomic E-state index is -0.264. The van der Waals surface area contributed by atoms with E-state index in [4.69, 9.17) is 16.3 Å². The smallest absolute Gasteiger partial charge is 0.287 e. The molecule has 0 radical (unpaired) electrons. The Bertz CT molecular complexity index is 722. The molecule has 2 atom stereocenters. The fourth-order valence-corrected chi connectivity index (χ4v) is 3.19. The standard InChI is InChI=1S/C17H20ClN3O2/c1-12-9-20(10-13(2)23-12)15-8-19-21(17(22)16(15)18)11-14-6-4-3-5-7-14/h3-8,12-13H,9-11H2,1-2H3/t12-,13-/m0/s1. The number of aromatic nitrogens is 2. The van der Waals surface area contributed by atoms with Crippen LogP contribution in [0, 0.1) is 0 Å². The van der Waals surface area contributed by atoms with Crippen LogP contribution in [0.15, 0.2) is 41.3 Å². The maximum atomic E-state index is 12.5. The van der Waals surface area contributed by atoms with E-state index in [1.54, 1.807) is 6.20 Å². The lowest BCUT2D eigenvalue weighted by Crippen LogP contribution is -2.46. The lowest BCUT2D eigenvalue weighted by molar-refractivity contribution is -0.00524. The second-order valence-electron chi connectivity index (χ2n) is 5.95. The summed E-state index contributed by atoms with van der Waals surface area (Å²) in [5, 5.41) is 4.52. The highest BCUT2D eigenvalue weighted by atomic mass is 35.5. The molecule has 0 aliphatic carbocycles. The number of hydrogen-bond donors (Lipinski definition) is 0. The van der Waals surface area contributed by atoms with Gasteiger partial charge in [-0.1, -0.05) is 41.9 Å². The number of benzene rings is 1. The van der Waals surface area contributed by atoms with Crippen molar-refractivity contribution in [2.75, 3.05) is 18.0 Å². The second-order valence-corrected chi connectivity index (χ2v) is 6.33. The number of halogens is 1. The van der Waals surface area contributed by atoms with Gasteiger partial charge in [-0.2, -0.15) is 5.10 Å². The number of nitrogens with zero attached hydrogens (tertiary/aromatic N) is 3. The molecule has 122 valence electrons. The summed E-state index contributed by atoms with van der Waals surface area (Å²) in [5.74, 6) is 0. The summed E-state index contributed by atoms with van der Waals surface area (Å²) in [6, 6.07) is 9.73. The van der Waals surface area contributed by atoms with Crippen molar-refractivity contribution in [3.05, 3.63) is 57.5 Å². The molecule has 0 amide bonds. The first-order valence-electron chi connectivity index (χ1n) is 7.74. The van der Waals surface area contributed by atoms with E-state index >= 15 is 0 Å². The minimum absolute atomic E-state index is 0.0987. The molecule has 2 heterocycles. The van der Waals surface area contributed by atoms with Crippen LogP contribution >= 0.6 is 11.6 Å². The van der Waals surface area contributed by atoms with Crippen LogP contribution in [-0.4, -0.2) is 35.1 Å². The highest BCUT2D eigenvalue weighted by Crippen LogP contribution is 2.24. The molecule has 6 heteroatoms. The molecule has 0 N–H and O–H groups in total. The number of anilines is 1. The second kappa shape index (κ2) is 6.72. The van der Waals surface area contributed by atoms with Gasteiger partial charge in [-0.3, -0.25) is 4.79 Å². The molecule has 3 rings (SSSR count). The summed E-state index contributed by atoms with van der Waals surface area (Å²) in [6.45, 7) is 5.85. The summed E-state index contributed by atoms with van der Waals surface area (Å²) < 4.78 is 7.12. The van der Waals surface area contributed by atoms with E-state index in [2.05, 4.69) is 10.00 Å². The zero-order chi connectivity index (χ0) is 16.4. The van der Waals surface area contributed by atoms with E-state index in [0.717, 1.165) is 5.56 Å². The number of rotatable bonds is 3. The third-order valence-corrected chi connectivity index (χ3v) is 4.26. The zero-order valence-corrected chi connectivity index (χ0v) is 14.0. The van der Waals surface area contributed by atoms with Crippen LogP contribution in [0.25, 0.3) is 0 Å². The van der Waals surface area contributed by atoms with Crippen molar-refractivity contribution in [3.8, 4) is 0 Å². The Balaban J connectivity index is 1.87. The maximum absolute atomic E-state index is 12.5. The predicted molar refractivity (Wildman–Crippen MR) is 91.3 cm³/mol. The monoisotopic (exact) mass is 333 g/mol. The van der Waals surface area contributed by atoms with Crippen molar-refractivity contribution in [2.45, 2.75) is 32.6 Å². The fourth-order valence-electron chi connectivity index (χ4n) is 2.92. The topological polar surface area (TPSA) is 47.4 Å². The summed E-state index contributed by atoms with van der Waals surface area (Å²) in [4.78, 5) is 14.6. The molecule has 2 aromatic rings. The van der Waals surface area contributed by atoms with Gasteiger partial charge < -0.3 is 9.64 Å². The maximum Gasteiger partial charge on any atom is 0.287 e. The number of morpholine rings is 1. The first-order valence-corrected chi connectivity index (χ1v) is 8.12. The first-order chi connectivity index (χ1) is 11.0. The molecule has 0 unspecified atom stereocenters. The molecule has 23 heavy (non-hydrogen) atoms. The normalized spacial score (nSPS) is 21.4. The van der Waals surface area contributed by atoms with Crippen LogP contribution < -0.4 is 10.5 Å². The van der Waals surface area contributed by atoms with Crippen molar-refractivity contribution < 1.29 is 4.74 Å². The molecule has 1 fully saturated rings. The SMILES string of the molecule is C[C@H]1CN(c2cnn(Cc3ccccc3)c(=O)c2Cl)C[C@H](C)O1. The third-order valence-electron chi connectivity index (χ3n) is 3.90. The van der Waals surface area contributed by atoms with Crippen LogP contribution in [0.3, 0.4) is 0 Å². The lowest BCUT2D eigenvalue weighted by Gasteiger charge is -2.36. The van der Waals surface area contributed by atoms with E-state index in [9.17, 15) is 4.79 Å². The van der Waals surface area contributed by atoms with Gasteiger partial charge in [-0.15, -0.1) is 0 Å². The largest absolute Gasteiger partial charge is 0.372 e. The van der Waals surface area contributed by atoms with Gasteiger partial charge in [0.15, 0.2) is 0 Å². The predicted octanol–water partition coefficient (Wildman–Crippen LogP) is 2.56.